The fourth-order valence-electron chi connectivity index (χ4n) is 4.70. The van der Waals surface area contributed by atoms with E-state index >= 15 is 0 Å². The number of rotatable bonds is 4. The maximum Gasteiger partial charge on any atom is 0.435 e. The van der Waals surface area contributed by atoms with Crippen LogP contribution in [0, 0.1) is 11.8 Å². The van der Waals surface area contributed by atoms with E-state index in [9.17, 15) is 22.0 Å². The Morgan fingerprint density at radius 3 is 2.59 bits per heavy atom. The highest BCUT2D eigenvalue weighted by atomic mass is 19.4. The lowest BCUT2D eigenvalue weighted by atomic mass is 9.88. The lowest BCUT2D eigenvalue weighted by Crippen LogP contribution is -2.41. The lowest BCUT2D eigenvalue weighted by molar-refractivity contribution is -0.140. The maximum atomic E-state index is 13.4. The van der Waals surface area contributed by atoms with E-state index in [1.165, 1.54) is 18.3 Å². The minimum absolute atomic E-state index is 0.106. The lowest BCUT2D eigenvalue weighted by Gasteiger charge is -2.36. The quantitative estimate of drug-likeness (QED) is 0.564. The minimum Gasteiger partial charge on any atom is -0.369 e. The van der Waals surface area contributed by atoms with Crippen molar-refractivity contribution in [1.29, 1.82) is 0 Å². The molecule has 2 fully saturated rings. The smallest absolute Gasteiger partial charge is 0.369 e. The van der Waals surface area contributed by atoms with E-state index in [-0.39, 0.29) is 11.6 Å². The molecule has 3 aromatic heterocycles. The summed E-state index contributed by atoms with van der Waals surface area (Å²) in [7, 11) is 0. The number of anilines is 2. The summed E-state index contributed by atoms with van der Waals surface area (Å²) in [6, 6.07) is 2.98. The first-order chi connectivity index (χ1) is 15.3. The van der Waals surface area contributed by atoms with Crippen molar-refractivity contribution in [3.8, 4) is 0 Å². The highest BCUT2D eigenvalue weighted by Crippen LogP contribution is 2.39. The SMILES string of the molecule is FC(F)Cn1ncc2ncc(N3C[C@@H]4CCN(c5cccnc5C(F)(F)F)C[C@@H]4C3)nc21. The van der Waals surface area contributed by atoms with E-state index in [2.05, 4.69) is 20.1 Å². The van der Waals surface area contributed by atoms with Gasteiger partial charge in [0, 0.05) is 32.4 Å². The second kappa shape index (κ2) is 7.82. The minimum atomic E-state index is -4.51. The van der Waals surface area contributed by atoms with E-state index < -0.39 is 24.8 Å². The number of halogens is 5. The monoisotopic (exact) mass is 453 g/mol. The van der Waals surface area contributed by atoms with Gasteiger partial charge >= 0.3 is 6.18 Å². The molecule has 0 saturated carbocycles. The van der Waals surface area contributed by atoms with Crippen LogP contribution in [0.1, 0.15) is 12.1 Å². The van der Waals surface area contributed by atoms with E-state index in [4.69, 9.17) is 0 Å². The van der Waals surface area contributed by atoms with Crippen molar-refractivity contribution >= 4 is 22.7 Å². The molecule has 7 nitrogen and oxygen atoms in total. The average molecular weight is 453 g/mol. The predicted octanol–water partition coefficient (Wildman–Crippen LogP) is 3.47. The number of hydrogen-bond acceptors (Lipinski definition) is 6. The number of piperidine rings is 1. The van der Waals surface area contributed by atoms with Gasteiger partial charge in [0.05, 0.1) is 18.1 Å². The zero-order valence-corrected chi connectivity index (χ0v) is 16.9. The summed E-state index contributed by atoms with van der Waals surface area (Å²) in [5.41, 5.74) is -0.0242. The number of nitrogens with zero attached hydrogens (tertiary/aromatic N) is 7. The Morgan fingerprint density at radius 1 is 1.03 bits per heavy atom. The van der Waals surface area contributed by atoms with Crippen molar-refractivity contribution in [2.45, 2.75) is 25.6 Å². The van der Waals surface area contributed by atoms with Gasteiger partial charge in [-0.25, -0.2) is 28.4 Å². The van der Waals surface area contributed by atoms with Crippen molar-refractivity contribution in [1.82, 2.24) is 24.7 Å². The normalized spacial score (nSPS) is 21.6. The topological polar surface area (TPSA) is 63.0 Å². The van der Waals surface area contributed by atoms with Crippen molar-refractivity contribution in [2.24, 2.45) is 11.8 Å². The molecule has 2 aliphatic rings. The summed E-state index contributed by atoms with van der Waals surface area (Å²) >= 11 is 0. The van der Waals surface area contributed by atoms with Crippen LogP contribution in [0.2, 0.25) is 0 Å². The first-order valence-corrected chi connectivity index (χ1v) is 10.3. The third-order valence-electron chi connectivity index (χ3n) is 6.16. The molecule has 5 rings (SSSR count). The highest BCUT2D eigenvalue weighted by Gasteiger charge is 2.41. The first-order valence-electron chi connectivity index (χ1n) is 10.3. The summed E-state index contributed by atoms with van der Waals surface area (Å²) in [4.78, 5) is 16.2. The van der Waals surface area contributed by atoms with Crippen LogP contribution in [0.15, 0.2) is 30.7 Å². The second-order valence-electron chi connectivity index (χ2n) is 8.18. The van der Waals surface area contributed by atoms with Crippen LogP contribution in [0.3, 0.4) is 0 Å². The van der Waals surface area contributed by atoms with E-state index in [1.54, 1.807) is 11.1 Å². The van der Waals surface area contributed by atoms with Gasteiger partial charge in [0.15, 0.2) is 11.3 Å². The van der Waals surface area contributed by atoms with Crippen molar-refractivity contribution in [2.75, 3.05) is 36.0 Å². The van der Waals surface area contributed by atoms with Gasteiger partial charge in [-0.05, 0) is 30.4 Å². The van der Waals surface area contributed by atoms with Crippen LogP contribution >= 0.6 is 0 Å². The standard InChI is InChI=1S/C20H20F5N7/c21-16(22)11-32-19-14(6-28-32)27-7-17(29-19)31-8-12-3-5-30(9-13(12)10-31)15-2-1-4-26-18(15)20(23,24)25/h1-2,4,6-7,12-13,16H,3,5,8-11H2/t12-,13+/m0/s1. The molecule has 3 aromatic rings. The molecule has 0 N–H and O–H groups in total. The Kier molecular flexibility index (Phi) is 5.09. The van der Waals surface area contributed by atoms with E-state index in [1.807, 2.05) is 4.90 Å². The molecule has 0 aromatic carbocycles. The van der Waals surface area contributed by atoms with Gasteiger partial charge in [0.1, 0.15) is 17.9 Å². The molecule has 0 unspecified atom stereocenters. The van der Waals surface area contributed by atoms with Gasteiger partial charge in [-0.1, -0.05) is 0 Å². The molecule has 32 heavy (non-hydrogen) atoms. The summed E-state index contributed by atoms with van der Waals surface area (Å²) in [6.07, 6.45) is -2.17. The number of pyridine rings is 1. The molecule has 0 amide bonds. The fraction of sp³-hybridized carbons (Fsp3) is 0.500. The van der Waals surface area contributed by atoms with Crippen LogP contribution in [0.4, 0.5) is 33.5 Å². The van der Waals surface area contributed by atoms with Crippen LogP contribution in [-0.2, 0) is 12.7 Å². The molecule has 2 saturated heterocycles. The largest absolute Gasteiger partial charge is 0.435 e. The van der Waals surface area contributed by atoms with Gasteiger partial charge in [0.2, 0.25) is 0 Å². The van der Waals surface area contributed by atoms with Crippen molar-refractivity contribution < 1.29 is 22.0 Å². The molecule has 0 bridgehead atoms. The van der Waals surface area contributed by atoms with E-state index in [0.717, 1.165) is 17.3 Å². The van der Waals surface area contributed by atoms with Gasteiger partial charge in [-0.3, -0.25) is 0 Å². The summed E-state index contributed by atoms with van der Waals surface area (Å²) in [6.45, 7) is 1.73. The first kappa shape index (κ1) is 20.8. The molecule has 12 heteroatoms. The number of aromatic nitrogens is 5. The summed E-state index contributed by atoms with van der Waals surface area (Å²) in [5, 5.41) is 3.94. The van der Waals surface area contributed by atoms with Crippen molar-refractivity contribution in [3.05, 3.63) is 36.4 Å². The van der Waals surface area contributed by atoms with Gasteiger partial charge in [-0.15, -0.1) is 0 Å². The van der Waals surface area contributed by atoms with Gasteiger partial charge in [-0.2, -0.15) is 18.3 Å². The molecular formula is C20H20F5N7. The molecule has 2 aliphatic heterocycles. The molecule has 2 atom stereocenters. The average Bonchev–Trinajstić information content (AvgIpc) is 3.36. The fourth-order valence-corrected chi connectivity index (χ4v) is 4.70. The van der Waals surface area contributed by atoms with Gasteiger partial charge in [0.25, 0.3) is 6.43 Å². The Labute approximate surface area is 179 Å². The Morgan fingerprint density at radius 2 is 1.81 bits per heavy atom. The van der Waals surface area contributed by atoms with Crippen LogP contribution in [-0.4, -0.2) is 57.3 Å². The molecule has 0 aliphatic carbocycles. The third kappa shape index (κ3) is 3.82. The molecule has 5 heterocycles. The van der Waals surface area contributed by atoms with Crippen molar-refractivity contribution in [3.63, 3.8) is 0 Å². The molecule has 0 radical (unpaired) electrons. The van der Waals surface area contributed by atoms with E-state index in [0.29, 0.717) is 49.1 Å². The highest BCUT2D eigenvalue weighted by molar-refractivity contribution is 5.71. The predicted molar refractivity (Wildman–Crippen MR) is 107 cm³/mol. The number of alkyl halides is 5. The van der Waals surface area contributed by atoms with Crippen LogP contribution in [0.25, 0.3) is 11.2 Å². The van der Waals surface area contributed by atoms with Crippen LogP contribution < -0.4 is 9.80 Å². The summed E-state index contributed by atoms with van der Waals surface area (Å²) in [5.74, 6) is 1.01. The Balaban J connectivity index is 1.35. The zero-order chi connectivity index (χ0) is 22.5. The number of hydrogen-bond donors (Lipinski definition) is 0. The zero-order valence-electron chi connectivity index (χ0n) is 16.9. The second-order valence-corrected chi connectivity index (χ2v) is 8.18. The third-order valence-corrected chi connectivity index (χ3v) is 6.16. The molecule has 0 spiro atoms. The number of fused-ring (bicyclic) bond motifs is 2. The Hall–Kier alpha value is -3.05. The van der Waals surface area contributed by atoms with Gasteiger partial charge < -0.3 is 9.80 Å². The summed E-state index contributed by atoms with van der Waals surface area (Å²) < 4.78 is 67.0. The molecule has 170 valence electrons. The van der Waals surface area contributed by atoms with Crippen LogP contribution in [0.5, 0.6) is 0 Å². The molecular weight excluding hydrogens is 433 g/mol. The maximum absolute atomic E-state index is 13.4. The Bertz CT molecular complexity index is 1120.